The van der Waals surface area contributed by atoms with E-state index < -0.39 is 11.7 Å². The van der Waals surface area contributed by atoms with Crippen molar-refractivity contribution in [2.45, 2.75) is 42.6 Å². The maximum absolute atomic E-state index is 12.9. The number of nitrogens with one attached hydrogen (secondary N) is 1. The summed E-state index contributed by atoms with van der Waals surface area (Å²) >= 11 is 2.62. The average Bonchev–Trinajstić information content (AvgIpc) is 2.37. The zero-order valence-corrected chi connectivity index (χ0v) is 12.6. The molecular weight excluding hydrogens is 328 g/mol. The zero-order chi connectivity index (χ0) is 14.8. The van der Waals surface area contributed by atoms with Crippen LogP contribution in [0.1, 0.15) is 36.8 Å². The van der Waals surface area contributed by atoms with Crippen LogP contribution < -0.4 is 5.32 Å². The molecular formula is C14H14AsF3N2. The van der Waals surface area contributed by atoms with Gasteiger partial charge in [-0.05, 0) is 0 Å². The molecule has 2 nitrogen and oxygen atoms in total. The van der Waals surface area contributed by atoms with Gasteiger partial charge in [-0.25, -0.2) is 0 Å². The van der Waals surface area contributed by atoms with Gasteiger partial charge in [0.05, 0.1) is 0 Å². The van der Waals surface area contributed by atoms with Crippen molar-refractivity contribution in [3.63, 3.8) is 0 Å². The van der Waals surface area contributed by atoms with E-state index in [4.69, 9.17) is 5.26 Å². The fourth-order valence-electron chi connectivity index (χ4n) is 2.50. The summed E-state index contributed by atoms with van der Waals surface area (Å²) in [5.74, 6) is 0. The monoisotopic (exact) mass is 342 g/mol. The van der Waals surface area contributed by atoms with Crippen LogP contribution in [0.15, 0.2) is 18.2 Å². The number of hydrogen-bond acceptors (Lipinski definition) is 2. The van der Waals surface area contributed by atoms with Crippen LogP contribution in [0.4, 0.5) is 18.9 Å². The number of nitrogens with zero attached hydrogens (tertiary/aromatic N) is 1. The first-order chi connectivity index (χ1) is 9.40. The summed E-state index contributed by atoms with van der Waals surface area (Å²) in [6.45, 7) is 0. The number of hydrogen-bond donors (Lipinski definition) is 1. The Morgan fingerprint density at radius 3 is 2.65 bits per heavy atom. The van der Waals surface area contributed by atoms with E-state index in [2.05, 4.69) is 22.2 Å². The second kappa shape index (κ2) is 6.09. The van der Waals surface area contributed by atoms with E-state index in [-0.39, 0.29) is 11.6 Å². The Labute approximate surface area is 124 Å². The molecule has 0 bridgehead atoms. The Balaban J connectivity index is 2.19. The van der Waals surface area contributed by atoms with E-state index >= 15 is 0 Å². The summed E-state index contributed by atoms with van der Waals surface area (Å²) in [6, 6.07) is 5.60. The van der Waals surface area contributed by atoms with E-state index in [1.54, 1.807) is 12.1 Å². The molecule has 0 saturated heterocycles. The molecule has 20 heavy (non-hydrogen) atoms. The summed E-state index contributed by atoms with van der Waals surface area (Å²) in [5, 5.41) is 11.9. The Hall–Kier alpha value is -1.14. The quantitative estimate of drug-likeness (QED) is 0.828. The number of alkyl halides is 3. The molecule has 0 heterocycles. The Morgan fingerprint density at radius 1 is 1.30 bits per heavy atom. The van der Waals surface area contributed by atoms with Gasteiger partial charge in [-0.2, -0.15) is 0 Å². The van der Waals surface area contributed by atoms with Crippen molar-refractivity contribution in [3.8, 4) is 6.07 Å². The third-order valence-electron chi connectivity index (χ3n) is 3.46. The van der Waals surface area contributed by atoms with Crippen LogP contribution in [0.2, 0.25) is 4.71 Å². The van der Waals surface area contributed by atoms with Crippen LogP contribution in [0, 0.1) is 11.3 Å². The molecule has 1 fully saturated rings. The predicted molar refractivity (Wildman–Crippen MR) is 71.5 cm³/mol. The minimum atomic E-state index is -4.50. The van der Waals surface area contributed by atoms with E-state index in [1.807, 2.05) is 0 Å². The van der Waals surface area contributed by atoms with Crippen molar-refractivity contribution >= 4 is 22.5 Å². The van der Waals surface area contributed by atoms with Gasteiger partial charge in [-0.15, -0.1) is 0 Å². The van der Waals surface area contributed by atoms with Crippen molar-refractivity contribution in [1.29, 1.82) is 5.26 Å². The molecule has 2 rings (SSSR count). The molecule has 1 aromatic rings. The van der Waals surface area contributed by atoms with Gasteiger partial charge in [0.15, 0.2) is 0 Å². The Bertz CT molecular complexity index is 522. The molecule has 1 N–H and O–H groups in total. The molecule has 106 valence electrons. The molecule has 1 aliphatic carbocycles. The van der Waals surface area contributed by atoms with Crippen molar-refractivity contribution in [2.24, 2.45) is 0 Å². The van der Waals surface area contributed by atoms with E-state index in [1.165, 1.54) is 6.07 Å². The van der Waals surface area contributed by atoms with Crippen LogP contribution in [0.3, 0.4) is 0 Å². The van der Waals surface area contributed by atoms with Crippen LogP contribution in [0.25, 0.3) is 0 Å². The second-order valence-corrected chi connectivity index (χ2v) is 6.56. The van der Waals surface area contributed by atoms with E-state index in [0.29, 0.717) is 10.4 Å². The third kappa shape index (κ3) is 3.70. The van der Waals surface area contributed by atoms with Gasteiger partial charge in [0.1, 0.15) is 0 Å². The van der Waals surface area contributed by atoms with Crippen LogP contribution in [-0.2, 0) is 6.18 Å². The molecule has 0 amide bonds. The van der Waals surface area contributed by atoms with Crippen LogP contribution in [0.5, 0.6) is 0 Å². The zero-order valence-electron chi connectivity index (χ0n) is 10.7. The fourth-order valence-corrected chi connectivity index (χ4v) is 3.41. The summed E-state index contributed by atoms with van der Waals surface area (Å²) in [7, 11) is 0. The molecule has 1 aliphatic rings. The fraction of sp³-hybridized carbons (Fsp3) is 0.500. The van der Waals surface area contributed by atoms with Crippen molar-refractivity contribution < 1.29 is 13.2 Å². The van der Waals surface area contributed by atoms with Gasteiger partial charge in [-0.3, -0.25) is 0 Å². The number of rotatable bonds is 2. The predicted octanol–water partition coefficient (Wildman–Crippen LogP) is 3.89. The Morgan fingerprint density at radius 2 is 2.05 bits per heavy atom. The molecule has 2 unspecified atom stereocenters. The summed E-state index contributed by atoms with van der Waals surface area (Å²) in [5.41, 5.74) is -0.774. The molecule has 6 heteroatoms. The molecule has 2 atom stereocenters. The topological polar surface area (TPSA) is 35.8 Å². The van der Waals surface area contributed by atoms with E-state index in [9.17, 15) is 13.2 Å². The number of anilines is 1. The van der Waals surface area contributed by atoms with Crippen molar-refractivity contribution in [3.05, 3.63) is 29.3 Å². The molecule has 0 aliphatic heterocycles. The average molecular weight is 342 g/mol. The summed E-state index contributed by atoms with van der Waals surface area (Å²) in [4.78, 5) is 0. The van der Waals surface area contributed by atoms with Gasteiger partial charge in [0, 0.05) is 0 Å². The second-order valence-electron chi connectivity index (χ2n) is 5.03. The first-order valence-corrected chi connectivity index (χ1v) is 7.54. The number of halogens is 3. The van der Waals surface area contributed by atoms with Crippen LogP contribution >= 0.6 is 0 Å². The first kappa shape index (κ1) is 15.3. The standard InChI is InChI=1S/C14H14AsF3N2/c15-10-2-1-3-11(6-10)20-12-5-4-9(8-19)13(7-12)14(16,17)18/h4-5,7,10-11,20H,1-3,6H2. The van der Waals surface area contributed by atoms with Crippen molar-refractivity contribution in [2.75, 3.05) is 5.32 Å². The van der Waals surface area contributed by atoms with Gasteiger partial charge in [0.25, 0.3) is 0 Å². The van der Waals surface area contributed by atoms with Gasteiger partial charge in [-0.1, -0.05) is 0 Å². The molecule has 0 spiro atoms. The van der Waals surface area contributed by atoms with Crippen LogP contribution in [-0.4, -0.2) is 22.9 Å². The Kier molecular flexibility index (Phi) is 4.65. The third-order valence-corrected chi connectivity index (χ3v) is 4.45. The molecule has 2 radical (unpaired) electrons. The SMILES string of the molecule is N#Cc1ccc(NC2CCCC([As])C2)cc1C(F)(F)F. The van der Waals surface area contributed by atoms with Gasteiger partial charge >= 0.3 is 124 Å². The van der Waals surface area contributed by atoms with Gasteiger partial charge in [0.2, 0.25) is 0 Å². The molecule has 1 aromatic carbocycles. The number of benzene rings is 1. The molecule has 0 aromatic heterocycles. The summed E-state index contributed by atoms with van der Waals surface area (Å²) < 4.78 is 39.2. The minimum absolute atomic E-state index is 0.200. The number of nitriles is 1. The van der Waals surface area contributed by atoms with Crippen molar-refractivity contribution in [1.82, 2.24) is 0 Å². The normalized spacial score (nSPS) is 23.1. The first-order valence-electron chi connectivity index (χ1n) is 6.46. The molecule has 1 saturated carbocycles. The maximum atomic E-state index is 12.9. The van der Waals surface area contributed by atoms with E-state index in [0.717, 1.165) is 31.7 Å². The summed E-state index contributed by atoms with van der Waals surface area (Å²) in [6.07, 6.45) is -0.352. The van der Waals surface area contributed by atoms with Gasteiger partial charge < -0.3 is 0 Å².